The molecule has 1 saturated carbocycles. The first-order valence-electron chi connectivity index (χ1n) is 8.80. The third-order valence-corrected chi connectivity index (χ3v) is 5.02. The number of benzene rings is 2. The van der Waals surface area contributed by atoms with Crippen molar-refractivity contribution in [2.45, 2.75) is 25.2 Å². The van der Waals surface area contributed by atoms with Crippen LogP contribution in [0.1, 0.15) is 29.9 Å². The molecule has 2 N–H and O–H groups in total. The van der Waals surface area contributed by atoms with E-state index in [4.69, 9.17) is 0 Å². The summed E-state index contributed by atoms with van der Waals surface area (Å²) in [6.45, 7) is 0.685. The predicted octanol–water partition coefficient (Wildman–Crippen LogP) is 4.16. The zero-order valence-electron chi connectivity index (χ0n) is 14.0. The van der Waals surface area contributed by atoms with Crippen molar-refractivity contribution in [2.75, 3.05) is 6.54 Å². The second-order valence-corrected chi connectivity index (χ2v) is 6.75. The monoisotopic (exact) mass is 336 g/mol. The molecule has 0 aliphatic heterocycles. The van der Waals surface area contributed by atoms with E-state index in [1.54, 1.807) is 12.1 Å². The number of carbonyl (C=O) groups is 1. The zero-order valence-corrected chi connectivity index (χ0v) is 14.0. The Kier molecular flexibility index (Phi) is 4.26. The molecule has 0 saturated heterocycles. The van der Waals surface area contributed by atoms with Gasteiger partial charge in [-0.3, -0.25) is 4.79 Å². The van der Waals surface area contributed by atoms with E-state index in [9.17, 15) is 9.18 Å². The molecular formula is C21H21FN2O. The maximum absolute atomic E-state index is 13.0. The number of amides is 1. The average Bonchev–Trinajstić information content (AvgIpc) is 3.33. The summed E-state index contributed by atoms with van der Waals surface area (Å²) in [6, 6.07) is 14.8. The lowest BCUT2D eigenvalue weighted by Crippen LogP contribution is -2.26. The molecular weight excluding hydrogens is 315 g/mol. The number of aromatic amines is 1. The Morgan fingerprint density at radius 1 is 1.16 bits per heavy atom. The van der Waals surface area contributed by atoms with E-state index in [1.165, 1.54) is 23.1 Å². The van der Waals surface area contributed by atoms with Gasteiger partial charge in [-0.25, -0.2) is 4.39 Å². The van der Waals surface area contributed by atoms with Crippen LogP contribution in [-0.2, 0) is 11.2 Å². The standard InChI is InChI=1S/C21H21FN2O/c22-16-9-7-14(8-10-16)18-12-19(18)21(25)23-11-3-4-15-13-24-20-6-2-1-5-17(15)20/h1-2,5-10,13,18-19,24H,3-4,11-12H2,(H,23,25). The second kappa shape index (κ2) is 6.71. The molecule has 4 rings (SSSR count). The van der Waals surface area contributed by atoms with Crippen LogP contribution in [0.3, 0.4) is 0 Å². The normalized spacial score (nSPS) is 19.1. The van der Waals surface area contributed by atoms with E-state index in [0.717, 1.165) is 30.3 Å². The SMILES string of the molecule is O=C(NCCCc1c[nH]c2ccccc12)C1CC1c1ccc(F)cc1. The van der Waals surface area contributed by atoms with Gasteiger partial charge in [-0.1, -0.05) is 30.3 Å². The molecule has 1 amide bonds. The van der Waals surface area contributed by atoms with Gasteiger partial charge in [-0.2, -0.15) is 0 Å². The molecule has 4 heteroatoms. The van der Waals surface area contributed by atoms with E-state index in [1.807, 2.05) is 12.1 Å². The lowest BCUT2D eigenvalue weighted by atomic mass is 10.1. The van der Waals surface area contributed by atoms with Gasteiger partial charge in [-0.05, 0) is 54.5 Å². The Morgan fingerprint density at radius 3 is 2.80 bits per heavy atom. The highest BCUT2D eigenvalue weighted by atomic mass is 19.1. The first-order chi connectivity index (χ1) is 12.2. The number of hydrogen-bond acceptors (Lipinski definition) is 1. The number of halogens is 1. The van der Waals surface area contributed by atoms with Crippen LogP contribution in [0.25, 0.3) is 10.9 Å². The number of nitrogens with one attached hydrogen (secondary N) is 2. The van der Waals surface area contributed by atoms with E-state index in [2.05, 4.69) is 28.6 Å². The third kappa shape index (κ3) is 3.43. The van der Waals surface area contributed by atoms with E-state index in [-0.39, 0.29) is 23.6 Å². The van der Waals surface area contributed by atoms with Crippen LogP contribution in [0.2, 0.25) is 0 Å². The molecule has 128 valence electrons. The number of hydrogen-bond donors (Lipinski definition) is 2. The first-order valence-corrected chi connectivity index (χ1v) is 8.80. The number of carbonyl (C=O) groups excluding carboxylic acids is 1. The van der Waals surface area contributed by atoms with Crippen LogP contribution < -0.4 is 5.32 Å². The van der Waals surface area contributed by atoms with Crippen molar-refractivity contribution in [1.82, 2.24) is 10.3 Å². The van der Waals surface area contributed by atoms with Crippen molar-refractivity contribution >= 4 is 16.8 Å². The van der Waals surface area contributed by atoms with Gasteiger partial charge in [0.2, 0.25) is 5.91 Å². The second-order valence-electron chi connectivity index (χ2n) is 6.75. The number of rotatable bonds is 6. The predicted molar refractivity (Wildman–Crippen MR) is 96.9 cm³/mol. The molecule has 2 aromatic carbocycles. The number of aryl methyl sites for hydroxylation is 1. The maximum Gasteiger partial charge on any atom is 0.223 e. The number of aromatic nitrogens is 1. The van der Waals surface area contributed by atoms with Gasteiger partial charge in [0, 0.05) is 29.6 Å². The van der Waals surface area contributed by atoms with Crippen LogP contribution in [-0.4, -0.2) is 17.4 Å². The molecule has 1 heterocycles. The van der Waals surface area contributed by atoms with Gasteiger partial charge in [0.15, 0.2) is 0 Å². The summed E-state index contributed by atoms with van der Waals surface area (Å²) >= 11 is 0. The molecule has 1 aliphatic carbocycles. The molecule has 3 aromatic rings. The fraction of sp³-hybridized carbons (Fsp3) is 0.286. The average molecular weight is 336 g/mol. The topological polar surface area (TPSA) is 44.9 Å². The molecule has 0 bridgehead atoms. The Hall–Kier alpha value is -2.62. The lowest BCUT2D eigenvalue weighted by Gasteiger charge is -2.05. The minimum Gasteiger partial charge on any atom is -0.361 e. The number of para-hydroxylation sites is 1. The van der Waals surface area contributed by atoms with Gasteiger partial charge in [-0.15, -0.1) is 0 Å². The van der Waals surface area contributed by atoms with Gasteiger partial charge < -0.3 is 10.3 Å². The highest BCUT2D eigenvalue weighted by Crippen LogP contribution is 2.47. The summed E-state index contributed by atoms with van der Waals surface area (Å²) in [6.07, 6.45) is 4.77. The lowest BCUT2D eigenvalue weighted by molar-refractivity contribution is -0.122. The molecule has 2 atom stereocenters. The van der Waals surface area contributed by atoms with Crippen molar-refractivity contribution in [3.05, 3.63) is 71.7 Å². The minimum atomic E-state index is -0.234. The van der Waals surface area contributed by atoms with Crippen LogP contribution in [0.15, 0.2) is 54.7 Å². The van der Waals surface area contributed by atoms with E-state index < -0.39 is 0 Å². The highest BCUT2D eigenvalue weighted by Gasteiger charge is 2.43. The molecule has 1 aliphatic rings. The molecule has 0 spiro atoms. The van der Waals surface area contributed by atoms with Crippen LogP contribution >= 0.6 is 0 Å². The Morgan fingerprint density at radius 2 is 1.96 bits per heavy atom. The molecule has 2 unspecified atom stereocenters. The van der Waals surface area contributed by atoms with Gasteiger partial charge in [0.25, 0.3) is 0 Å². The van der Waals surface area contributed by atoms with Gasteiger partial charge in [0.1, 0.15) is 5.82 Å². The first kappa shape index (κ1) is 15.9. The maximum atomic E-state index is 13.0. The molecule has 3 nitrogen and oxygen atoms in total. The molecule has 1 fully saturated rings. The Bertz CT molecular complexity index is 884. The summed E-state index contributed by atoms with van der Waals surface area (Å²) in [5.41, 5.74) is 3.50. The molecule has 25 heavy (non-hydrogen) atoms. The Balaban J connectivity index is 1.24. The number of fused-ring (bicyclic) bond motifs is 1. The summed E-state index contributed by atoms with van der Waals surface area (Å²) in [7, 11) is 0. The van der Waals surface area contributed by atoms with Crippen molar-refractivity contribution in [1.29, 1.82) is 0 Å². The highest BCUT2D eigenvalue weighted by molar-refractivity contribution is 5.83. The van der Waals surface area contributed by atoms with Crippen molar-refractivity contribution in [3.63, 3.8) is 0 Å². The van der Waals surface area contributed by atoms with E-state index in [0.29, 0.717) is 6.54 Å². The largest absolute Gasteiger partial charge is 0.361 e. The fourth-order valence-electron chi connectivity index (χ4n) is 3.52. The summed E-state index contributed by atoms with van der Waals surface area (Å²) in [5.74, 6) is 0.170. The zero-order chi connectivity index (χ0) is 17.2. The summed E-state index contributed by atoms with van der Waals surface area (Å²) < 4.78 is 13.0. The van der Waals surface area contributed by atoms with E-state index >= 15 is 0 Å². The smallest absolute Gasteiger partial charge is 0.223 e. The van der Waals surface area contributed by atoms with Gasteiger partial charge >= 0.3 is 0 Å². The molecule has 0 radical (unpaired) electrons. The van der Waals surface area contributed by atoms with Crippen LogP contribution in [0.5, 0.6) is 0 Å². The quantitative estimate of drug-likeness (QED) is 0.652. The fourth-order valence-corrected chi connectivity index (χ4v) is 3.52. The summed E-state index contributed by atoms with van der Waals surface area (Å²) in [5, 5.41) is 4.30. The third-order valence-electron chi connectivity index (χ3n) is 5.02. The van der Waals surface area contributed by atoms with Crippen molar-refractivity contribution in [3.8, 4) is 0 Å². The summed E-state index contributed by atoms with van der Waals surface area (Å²) in [4.78, 5) is 15.5. The van der Waals surface area contributed by atoms with Crippen molar-refractivity contribution < 1.29 is 9.18 Å². The van der Waals surface area contributed by atoms with Crippen molar-refractivity contribution in [2.24, 2.45) is 5.92 Å². The number of H-pyrrole nitrogens is 1. The van der Waals surface area contributed by atoms with Crippen LogP contribution in [0, 0.1) is 11.7 Å². The molecule has 1 aromatic heterocycles. The minimum absolute atomic E-state index is 0.0403. The van der Waals surface area contributed by atoms with Gasteiger partial charge in [0.05, 0.1) is 0 Å². The van der Waals surface area contributed by atoms with Crippen LogP contribution in [0.4, 0.5) is 4.39 Å². The Labute approximate surface area is 146 Å².